The first-order valence-corrected chi connectivity index (χ1v) is 17.3. The Morgan fingerprint density at radius 2 is 0.608 bits per heavy atom. The van der Waals surface area contributed by atoms with E-state index in [1.807, 2.05) is 84.9 Å². The van der Waals surface area contributed by atoms with Crippen molar-refractivity contribution in [2.24, 2.45) is 0 Å². The van der Waals surface area contributed by atoms with Crippen molar-refractivity contribution in [2.75, 3.05) is 6.67 Å². The lowest BCUT2D eigenvalue weighted by atomic mass is 10.1. The molecular weight excluding hydrogens is 633 g/mol. The molecular formula is C45H42N2O4. The Bertz CT molecular complexity index is 1720. The van der Waals surface area contributed by atoms with Crippen LogP contribution in [0.25, 0.3) is 0 Å². The molecule has 256 valence electrons. The molecule has 0 aromatic heterocycles. The van der Waals surface area contributed by atoms with Gasteiger partial charge in [0.1, 0.15) is 49.4 Å². The zero-order valence-electron chi connectivity index (χ0n) is 28.6. The summed E-state index contributed by atoms with van der Waals surface area (Å²) in [7, 11) is 0. The second-order valence-corrected chi connectivity index (χ2v) is 12.7. The molecule has 0 saturated heterocycles. The molecule has 0 radical (unpaired) electrons. The molecule has 0 atom stereocenters. The Labute approximate surface area is 300 Å². The fraction of sp³-hybridized carbons (Fsp3) is 0.156. The Morgan fingerprint density at radius 3 is 0.882 bits per heavy atom. The highest BCUT2D eigenvalue weighted by atomic mass is 16.5. The van der Waals surface area contributed by atoms with Gasteiger partial charge in [-0.25, -0.2) is 0 Å². The molecule has 51 heavy (non-hydrogen) atoms. The highest BCUT2D eigenvalue weighted by Crippen LogP contribution is 2.29. The predicted octanol–water partition coefficient (Wildman–Crippen LogP) is 9.75. The summed E-state index contributed by atoms with van der Waals surface area (Å²) in [5.74, 6) is 3.15. The van der Waals surface area contributed by atoms with Crippen LogP contribution in [0.5, 0.6) is 23.0 Å². The molecule has 6 heteroatoms. The summed E-state index contributed by atoms with van der Waals surface area (Å²) in [6, 6.07) is 53.3. The molecule has 1 heterocycles. The molecule has 7 rings (SSSR count). The van der Waals surface area contributed by atoms with Crippen molar-refractivity contribution in [3.63, 3.8) is 0 Å². The molecule has 0 bridgehead atoms. The molecule has 1 aliphatic rings. The molecule has 6 nitrogen and oxygen atoms in total. The van der Waals surface area contributed by atoms with E-state index in [0.29, 0.717) is 39.5 Å². The summed E-state index contributed by atoms with van der Waals surface area (Å²) in [6.07, 6.45) is 4.29. The number of nitrogens with zero attached hydrogens (tertiary/aromatic N) is 2. The third-order valence-electron chi connectivity index (χ3n) is 8.50. The van der Waals surface area contributed by atoms with Crippen LogP contribution in [0.1, 0.15) is 33.4 Å². The quantitative estimate of drug-likeness (QED) is 0.102. The molecule has 0 saturated carbocycles. The molecule has 0 N–H and O–H groups in total. The van der Waals surface area contributed by atoms with Gasteiger partial charge in [-0.15, -0.1) is 0 Å². The highest BCUT2D eigenvalue weighted by molar-refractivity contribution is 5.40. The van der Waals surface area contributed by atoms with Crippen LogP contribution >= 0.6 is 0 Å². The summed E-state index contributed by atoms with van der Waals surface area (Å²) in [6.45, 7) is 4.13. The van der Waals surface area contributed by atoms with Crippen LogP contribution in [0, 0.1) is 0 Å². The Kier molecular flexibility index (Phi) is 11.1. The smallest absolute Gasteiger partial charge is 0.123 e. The second kappa shape index (κ2) is 17.0. The Morgan fingerprint density at radius 1 is 0.333 bits per heavy atom. The van der Waals surface area contributed by atoms with Crippen LogP contribution in [-0.4, -0.2) is 16.5 Å². The molecule has 6 aromatic rings. The summed E-state index contributed by atoms with van der Waals surface area (Å²) in [5.41, 5.74) is 6.71. The maximum Gasteiger partial charge on any atom is 0.123 e. The molecule has 1 aliphatic heterocycles. The average molecular weight is 675 g/mol. The lowest BCUT2D eigenvalue weighted by molar-refractivity contribution is 0.251. The fourth-order valence-electron chi connectivity index (χ4n) is 5.93. The maximum absolute atomic E-state index is 6.26. The standard InChI is InChI=1S/C45H42N2O4/c1-5-13-36(14-6-1)31-48-42-23-40(24-43(27-42)49-32-37-15-7-2-8-16-37)29-46-21-22-47(35-46)30-41-25-44(50-33-38-17-9-3-10-18-38)28-45(26-41)51-34-39-19-11-4-12-20-39/h1-28H,29-35H2. The molecule has 0 spiro atoms. The summed E-state index contributed by atoms with van der Waals surface area (Å²) in [4.78, 5) is 4.58. The second-order valence-electron chi connectivity index (χ2n) is 12.7. The largest absolute Gasteiger partial charge is 0.489 e. The van der Waals surface area contributed by atoms with Crippen LogP contribution in [0.4, 0.5) is 0 Å². The number of ether oxygens (including phenoxy) is 4. The first-order chi connectivity index (χ1) is 25.2. The molecule has 0 fully saturated rings. The van der Waals surface area contributed by atoms with Gasteiger partial charge in [0, 0.05) is 37.6 Å². The van der Waals surface area contributed by atoms with Gasteiger partial charge in [-0.3, -0.25) is 0 Å². The van der Waals surface area contributed by atoms with Gasteiger partial charge >= 0.3 is 0 Å². The summed E-state index contributed by atoms with van der Waals surface area (Å²) in [5, 5.41) is 0. The van der Waals surface area contributed by atoms with Crippen molar-refractivity contribution in [2.45, 2.75) is 39.5 Å². The van der Waals surface area contributed by atoms with Gasteiger partial charge in [0.05, 0.1) is 6.67 Å². The van der Waals surface area contributed by atoms with Gasteiger partial charge in [-0.1, -0.05) is 121 Å². The van der Waals surface area contributed by atoms with Gasteiger partial charge in [0.2, 0.25) is 0 Å². The van der Waals surface area contributed by atoms with Crippen LogP contribution in [-0.2, 0) is 39.5 Å². The van der Waals surface area contributed by atoms with Gasteiger partial charge in [-0.2, -0.15) is 0 Å². The highest BCUT2D eigenvalue weighted by Gasteiger charge is 2.16. The van der Waals surface area contributed by atoms with E-state index in [9.17, 15) is 0 Å². The van der Waals surface area contributed by atoms with Crippen molar-refractivity contribution in [1.82, 2.24) is 9.80 Å². The number of benzene rings is 6. The first kappa shape index (κ1) is 33.4. The zero-order valence-corrected chi connectivity index (χ0v) is 28.6. The minimum atomic E-state index is 0.491. The third-order valence-corrected chi connectivity index (χ3v) is 8.50. The zero-order chi connectivity index (χ0) is 34.5. The molecule has 6 aromatic carbocycles. The van der Waals surface area contributed by atoms with Crippen LogP contribution in [0.3, 0.4) is 0 Å². The molecule has 0 unspecified atom stereocenters. The van der Waals surface area contributed by atoms with E-state index in [2.05, 4.69) is 95.0 Å². The topological polar surface area (TPSA) is 43.4 Å². The van der Waals surface area contributed by atoms with E-state index < -0.39 is 0 Å². The maximum atomic E-state index is 6.26. The average Bonchev–Trinajstić information content (AvgIpc) is 3.62. The molecule has 0 aliphatic carbocycles. The predicted molar refractivity (Wildman–Crippen MR) is 201 cm³/mol. The van der Waals surface area contributed by atoms with E-state index >= 15 is 0 Å². The first-order valence-electron chi connectivity index (χ1n) is 17.3. The van der Waals surface area contributed by atoms with Crippen molar-refractivity contribution in [3.8, 4) is 23.0 Å². The number of rotatable bonds is 16. The van der Waals surface area contributed by atoms with Crippen molar-refractivity contribution < 1.29 is 18.9 Å². The minimum Gasteiger partial charge on any atom is -0.489 e. The van der Waals surface area contributed by atoms with E-state index in [-0.39, 0.29) is 0 Å². The van der Waals surface area contributed by atoms with Gasteiger partial charge < -0.3 is 28.7 Å². The number of hydrogen-bond acceptors (Lipinski definition) is 6. The Hall–Kier alpha value is -6.14. The van der Waals surface area contributed by atoms with Crippen LogP contribution < -0.4 is 18.9 Å². The lowest BCUT2D eigenvalue weighted by Gasteiger charge is -2.23. The third kappa shape index (κ3) is 10.2. The van der Waals surface area contributed by atoms with Gasteiger partial charge in [-0.05, 0) is 57.6 Å². The van der Waals surface area contributed by atoms with Crippen molar-refractivity contribution in [3.05, 3.63) is 204 Å². The van der Waals surface area contributed by atoms with Crippen LogP contribution in [0.2, 0.25) is 0 Å². The fourth-order valence-corrected chi connectivity index (χ4v) is 5.93. The Balaban J connectivity index is 1.02. The lowest BCUT2D eigenvalue weighted by Crippen LogP contribution is -2.24. The van der Waals surface area contributed by atoms with E-state index in [1.54, 1.807) is 0 Å². The summed E-state index contributed by atoms with van der Waals surface area (Å²) >= 11 is 0. The van der Waals surface area contributed by atoms with Gasteiger partial charge in [0.15, 0.2) is 0 Å². The monoisotopic (exact) mass is 674 g/mol. The van der Waals surface area contributed by atoms with Crippen molar-refractivity contribution >= 4 is 0 Å². The SMILES string of the molecule is C1=CN(Cc2cc(OCc3ccccc3)cc(OCc3ccccc3)c2)CN1Cc1cc(OCc2ccccc2)cc(OCc2ccccc2)c1. The van der Waals surface area contributed by atoms with Crippen LogP contribution in [0.15, 0.2) is 170 Å². The van der Waals surface area contributed by atoms with E-state index in [1.165, 1.54) is 0 Å². The van der Waals surface area contributed by atoms with E-state index in [0.717, 1.165) is 63.0 Å². The molecule has 0 amide bonds. The van der Waals surface area contributed by atoms with Crippen molar-refractivity contribution in [1.29, 1.82) is 0 Å². The van der Waals surface area contributed by atoms with Gasteiger partial charge in [0.25, 0.3) is 0 Å². The minimum absolute atomic E-state index is 0.491. The van der Waals surface area contributed by atoms with E-state index in [4.69, 9.17) is 18.9 Å². The number of hydrogen-bond donors (Lipinski definition) is 0. The summed E-state index contributed by atoms with van der Waals surface area (Å²) < 4.78 is 25.0. The normalized spacial score (nSPS) is 12.2.